The number of carboxylic acids is 1. The van der Waals surface area contributed by atoms with Crippen LogP contribution in [0.1, 0.15) is 56.7 Å². The molecule has 1 aromatic carbocycles. The van der Waals surface area contributed by atoms with Gasteiger partial charge in [0.1, 0.15) is 5.82 Å². The monoisotopic (exact) mass is 274 g/mol. The molecule has 4 heteroatoms. The van der Waals surface area contributed by atoms with E-state index in [2.05, 4.69) is 37.2 Å². The van der Waals surface area contributed by atoms with Crippen LogP contribution in [0.5, 0.6) is 0 Å². The van der Waals surface area contributed by atoms with Crippen LogP contribution in [0.3, 0.4) is 0 Å². The molecule has 1 heterocycles. The summed E-state index contributed by atoms with van der Waals surface area (Å²) in [5, 5.41) is 9.46. The molecule has 0 saturated carbocycles. The smallest absolute Gasteiger partial charge is 0.337 e. The molecular weight excluding hydrogens is 252 g/mol. The van der Waals surface area contributed by atoms with Crippen molar-refractivity contribution in [2.24, 2.45) is 0 Å². The van der Waals surface area contributed by atoms with E-state index >= 15 is 0 Å². The number of fused-ring (bicyclic) bond motifs is 1. The van der Waals surface area contributed by atoms with E-state index < -0.39 is 5.97 Å². The van der Waals surface area contributed by atoms with Gasteiger partial charge in [-0.05, 0) is 31.9 Å². The van der Waals surface area contributed by atoms with Gasteiger partial charge in [0.05, 0.1) is 16.6 Å². The Kier molecular flexibility index (Phi) is 3.84. The van der Waals surface area contributed by atoms with Gasteiger partial charge in [-0.25, -0.2) is 9.78 Å². The molecule has 2 aromatic rings. The molecule has 0 fully saturated rings. The number of imidazole rings is 1. The fourth-order valence-corrected chi connectivity index (χ4v) is 2.73. The van der Waals surface area contributed by atoms with Crippen LogP contribution in [-0.4, -0.2) is 20.6 Å². The first-order valence-corrected chi connectivity index (χ1v) is 7.22. The number of para-hydroxylation sites is 1. The van der Waals surface area contributed by atoms with Gasteiger partial charge in [-0.3, -0.25) is 0 Å². The van der Waals surface area contributed by atoms with Crippen molar-refractivity contribution in [3.8, 4) is 0 Å². The summed E-state index contributed by atoms with van der Waals surface area (Å²) in [4.78, 5) is 16.2. The molecule has 20 heavy (non-hydrogen) atoms. The molecule has 0 unspecified atom stereocenters. The van der Waals surface area contributed by atoms with E-state index in [1.54, 1.807) is 12.1 Å². The third-order valence-corrected chi connectivity index (χ3v) is 4.36. The lowest BCUT2D eigenvalue weighted by molar-refractivity contribution is 0.0698. The largest absolute Gasteiger partial charge is 0.478 e. The summed E-state index contributed by atoms with van der Waals surface area (Å²) in [6.45, 7) is 8.51. The van der Waals surface area contributed by atoms with E-state index in [-0.39, 0.29) is 5.54 Å². The van der Waals surface area contributed by atoms with Crippen molar-refractivity contribution in [2.75, 3.05) is 0 Å². The van der Waals surface area contributed by atoms with Crippen LogP contribution in [0.15, 0.2) is 18.2 Å². The topological polar surface area (TPSA) is 55.1 Å². The molecule has 0 spiro atoms. The maximum absolute atomic E-state index is 11.5. The van der Waals surface area contributed by atoms with Crippen molar-refractivity contribution in [3.63, 3.8) is 0 Å². The van der Waals surface area contributed by atoms with Gasteiger partial charge in [0.25, 0.3) is 0 Å². The lowest BCUT2D eigenvalue weighted by Gasteiger charge is -2.31. The lowest BCUT2D eigenvalue weighted by Crippen LogP contribution is -2.30. The second-order valence-corrected chi connectivity index (χ2v) is 5.40. The van der Waals surface area contributed by atoms with Crippen molar-refractivity contribution < 1.29 is 9.90 Å². The molecule has 0 saturated heterocycles. The molecule has 0 aliphatic carbocycles. The fraction of sp³-hybridized carbons (Fsp3) is 0.500. The van der Waals surface area contributed by atoms with Gasteiger partial charge in [-0.2, -0.15) is 0 Å². The standard InChI is InChI=1S/C16H22N2O2/c1-5-13-17-12-10-8-9-11(15(19)20)14(12)18(13)16(4,6-2)7-3/h8-10H,5-7H2,1-4H3,(H,19,20). The van der Waals surface area contributed by atoms with Gasteiger partial charge in [0.2, 0.25) is 0 Å². The molecule has 1 N–H and O–H groups in total. The normalized spacial score (nSPS) is 12.0. The van der Waals surface area contributed by atoms with E-state index in [4.69, 9.17) is 0 Å². The lowest BCUT2D eigenvalue weighted by atomic mass is 9.94. The second kappa shape index (κ2) is 5.27. The highest BCUT2D eigenvalue weighted by atomic mass is 16.4. The van der Waals surface area contributed by atoms with Crippen molar-refractivity contribution >= 4 is 17.0 Å². The predicted molar refractivity (Wildman–Crippen MR) is 80.3 cm³/mol. The highest BCUT2D eigenvalue weighted by molar-refractivity contribution is 6.01. The molecule has 2 rings (SSSR count). The maximum atomic E-state index is 11.5. The van der Waals surface area contributed by atoms with E-state index in [1.807, 2.05) is 6.07 Å². The SMILES string of the molecule is CCc1nc2cccc(C(=O)O)c2n1C(C)(CC)CC. The number of nitrogens with zero attached hydrogens (tertiary/aromatic N) is 2. The Morgan fingerprint density at radius 1 is 1.30 bits per heavy atom. The van der Waals surface area contributed by atoms with Crippen LogP contribution >= 0.6 is 0 Å². The van der Waals surface area contributed by atoms with Gasteiger partial charge >= 0.3 is 5.97 Å². The Morgan fingerprint density at radius 3 is 2.45 bits per heavy atom. The minimum atomic E-state index is -0.894. The molecule has 4 nitrogen and oxygen atoms in total. The Hall–Kier alpha value is -1.84. The zero-order valence-corrected chi connectivity index (χ0v) is 12.6. The fourth-order valence-electron chi connectivity index (χ4n) is 2.73. The second-order valence-electron chi connectivity index (χ2n) is 5.40. The minimum absolute atomic E-state index is 0.106. The zero-order valence-electron chi connectivity index (χ0n) is 12.6. The maximum Gasteiger partial charge on any atom is 0.337 e. The Labute approximate surface area is 119 Å². The first-order valence-electron chi connectivity index (χ1n) is 7.22. The average molecular weight is 274 g/mol. The number of aromatic nitrogens is 2. The number of rotatable bonds is 5. The number of benzene rings is 1. The number of hydrogen-bond donors (Lipinski definition) is 1. The molecule has 0 bridgehead atoms. The van der Waals surface area contributed by atoms with Crippen LogP contribution < -0.4 is 0 Å². The third kappa shape index (κ3) is 2.09. The van der Waals surface area contributed by atoms with E-state index in [9.17, 15) is 9.90 Å². The first-order chi connectivity index (χ1) is 9.48. The third-order valence-electron chi connectivity index (χ3n) is 4.36. The Morgan fingerprint density at radius 2 is 1.95 bits per heavy atom. The highest BCUT2D eigenvalue weighted by Gasteiger charge is 2.29. The average Bonchev–Trinajstić information content (AvgIpc) is 2.85. The number of hydrogen-bond acceptors (Lipinski definition) is 2. The highest BCUT2D eigenvalue weighted by Crippen LogP contribution is 2.33. The quantitative estimate of drug-likeness (QED) is 0.901. The molecular formula is C16H22N2O2. The van der Waals surface area contributed by atoms with E-state index in [0.29, 0.717) is 5.56 Å². The summed E-state index contributed by atoms with van der Waals surface area (Å²) in [6.07, 6.45) is 2.68. The molecule has 0 amide bonds. The van der Waals surface area contributed by atoms with Crippen LogP contribution in [0.2, 0.25) is 0 Å². The summed E-state index contributed by atoms with van der Waals surface area (Å²) in [5.74, 6) is 0.0638. The summed E-state index contributed by atoms with van der Waals surface area (Å²) in [6, 6.07) is 5.31. The van der Waals surface area contributed by atoms with Crippen LogP contribution in [0.25, 0.3) is 11.0 Å². The number of aryl methyl sites for hydroxylation is 1. The number of carboxylic acid groups (broad SMARTS) is 1. The van der Waals surface area contributed by atoms with Crippen molar-refractivity contribution in [1.29, 1.82) is 0 Å². The number of carbonyl (C=O) groups is 1. The number of aromatic carboxylic acids is 1. The van der Waals surface area contributed by atoms with E-state index in [1.165, 1.54) is 0 Å². The summed E-state index contributed by atoms with van der Waals surface area (Å²) in [7, 11) is 0. The van der Waals surface area contributed by atoms with E-state index in [0.717, 1.165) is 36.1 Å². The van der Waals surface area contributed by atoms with Crippen molar-refractivity contribution in [3.05, 3.63) is 29.6 Å². The molecule has 1 aromatic heterocycles. The van der Waals surface area contributed by atoms with Crippen LogP contribution in [0, 0.1) is 0 Å². The molecule has 108 valence electrons. The summed E-state index contributed by atoms with van der Waals surface area (Å²) in [5.41, 5.74) is 1.76. The Balaban J connectivity index is 2.89. The molecule has 0 aliphatic rings. The van der Waals surface area contributed by atoms with Gasteiger partial charge in [-0.15, -0.1) is 0 Å². The molecule has 0 radical (unpaired) electrons. The van der Waals surface area contributed by atoms with Gasteiger partial charge in [0.15, 0.2) is 0 Å². The Bertz CT molecular complexity index is 639. The van der Waals surface area contributed by atoms with Crippen LogP contribution in [-0.2, 0) is 12.0 Å². The minimum Gasteiger partial charge on any atom is -0.478 e. The summed E-state index contributed by atoms with van der Waals surface area (Å²) >= 11 is 0. The van der Waals surface area contributed by atoms with Crippen LogP contribution in [0.4, 0.5) is 0 Å². The van der Waals surface area contributed by atoms with Gasteiger partial charge in [0, 0.05) is 12.0 Å². The zero-order chi connectivity index (χ0) is 14.9. The summed E-state index contributed by atoms with van der Waals surface area (Å²) < 4.78 is 2.14. The molecule has 0 atom stereocenters. The van der Waals surface area contributed by atoms with Gasteiger partial charge < -0.3 is 9.67 Å². The molecule has 0 aliphatic heterocycles. The first kappa shape index (κ1) is 14.6. The van der Waals surface area contributed by atoms with Crippen molar-refractivity contribution in [1.82, 2.24) is 9.55 Å². The van der Waals surface area contributed by atoms with Gasteiger partial charge in [-0.1, -0.05) is 26.8 Å². The van der Waals surface area contributed by atoms with Crippen molar-refractivity contribution in [2.45, 2.75) is 52.5 Å². The predicted octanol–water partition coefficient (Wildman–Crippen LogP) is 3.83.